The maximum absolute atomic E-state index is 13.5. The average Bonchev–Trinajstić information content (AvgIpc) is 2.90. The second kappa shape index (κ2) is 15.5. The summed E-state index contributed by atoms with van der Waals surface area (Å²) in [4.78, 5) is 15.0. The van der Waals surface area contributed by atoms with Crippen LogP contribution < -0.4 is 10.5 Å². The molecule has 0 saturated carbocycles. The number of anilines is 1. The lowest BCUT2D eigenvalue weighted by molar-refractivity contribution is -0.0323. The highest BCUT2D eigenvalue weighted by Crippen LogP contribution is 2.31. The summed E-state index contributed by atoms with van der Waals surface area (Å²) in [6.45, 7) is 6.61. The molecule has 0 bridgehead atoms. The molecular formula is C29H34F5N3OS. The smallest absolute Gasteiger partial charge is 0.334 e. The Kier molecular flexibility index (Phi) is 12.7. The Morgan fingerprint density at radius 2 is 1.56 bits per heavy atom. The zero-order chi connectivity index (χ0) is 29.0. The number of amides is 1. The second-order valence-electron chi connectivity index (χ2n) is 8.66. The third-order valence-electron chi connectivity index (χ3n) is 5.67. The van der Waals surface area contributed by atoms with Crippen molar-refractivity contribution in [2.24, 2.45) is 5.73 Å². The summed E-state index contributed by atoms with van der Waals surface area (Å²) in [7, 11) is 0. The van der Waals surface area contributed by atoms with Crippen LogP contribution in [-0.4, -0.2) is 28.9 Å². The topological polar surface area (TPSA) is 58.4 Å². The number of rotatable bonds is 11. The third-order valence-corrected chi connectivity index (χ3v) is 6.24. The Balaban J connectivity index is 0.00000260. The summed E-state index contributed by atoms with van der Waals surface area (Å²) in [5.41, 5.74) is 4.80. The SMILES string of the molecule is CC.CCc1cccc(CN(CC[C@@H](N)Cc2cc(F)cc(F)c2)C(=O)c2ccc(NSC(F)(F)F)cc2)c1. The number of nitrogens with zero attached hydrogens (tertiary/aromatic N) is 1. The van der Waals surface area contributed by atoms with E-state index in [1.54, 1.807) is 4.90 Å². The van der Waals surface area contributed by atoms with Gasteiger partial charge >= 0.3 is 5.51 Å². The minimum absolute atomic E-state index is 0.213. The monoisotopic (exact) mass is 567 g/mol. The number of carbonyl (C=O) groups is 1. The highest BCUT2D eigenvalue weighted by atomic mass is 32.2. The third kappa shape index (κ3) is 11.3. The molecule has 3 aromatic carbocycles. The van der Waals surface area contributed by atoms with E-state index >= 15 is 0 Å². The molecule has 39 heavy (non-hydrogen) atoms. The molecular weight excluding hydrogens is 533 g/mol. The van der Waals surface area contributed by atoms with E-state index in [0.29, 0.717) is 24.1 Å². The van der Waals surface area contributed by atoms with E-state index in [9.17, 15) is 26.7 Å². The molecule has 0 aliphatic carbocycles. The Hall–Kier alpha value is -3.11. The van der Waals surface area contributed by atoms with E-state index in [2.05, 4.69) is 4.72 Å². The summed E-state index contributed by atoms with van der Waals surface area (Å²) in [6, 6.07) is 16.4. The molecule has 4 nitrogen and oxygen atoms in total. The van der Waals surface area contributed by atoms with Crippen LogP contribution in [0.1, 0.15) is 54.2 Å². The van der Waals surface area contributed by atoms with Crippen LogP contribution in [-0.2, 0) is 19.4 Å². The predicted octanol–water partition coefficient (Wildman–Crippen LogP) is 7.74. The minimum atomic E-state index is -4.44. The molecule has 0 saturated heterocycles. The average molecular weight is 568 g/mol. The maximum atomic E-state index is 13.5. The number of hydrogen-bond donors (Lipinski definition) is 2. The summed E-state index contributed by atoms with van der Waals surface area (Å²) in [5.74, 6) is -1.66. The van der Waals surface area contributed by atoms with Crippen LogP contribution >= 0.6 is 11.9 Å². The number of benzene rings is 3. The summed E-state index contributed by atoms with van der Waals surface area (Å²) in [5, 5.41) is 0. The molecule has 0 spiro atoms. The lowest BCUT2D eigenvalue weighted by Gasteiger charge is -2.25. The van der Waals surface area contributed by atoms with Crippen LogP contribution in [0.15, 0.2) is 66.7 Å². The fraction of sp³-hybridized carbons (Fsp3) is 0.345. The van der Waals surface area contributed by atoms with Crippen molar-refractivity contribution in [2.75, 3.05) is 11.3 Å². The minimum Gasteiger partial charge on any atom is -0.334 e. The number of halogens is 5. The number of alkyl halides is 3. The number of nitrogens with one attached hydrogen (secondary N) is 1. The van der Waals surface area contributed by atoms with Gasteiger partial charge < -0.3 is 15.4 Å². The van der Waals surface area contributed by atoms with Gasteiger partial charge in [-0.05, 0) is 72.4 Å². The van der Waals surface area contributed by atoms with Crippen LogP contribution in [0.2, 0.25) is 0 Å². The summed E-state index contributed by atoms with van der Waals surface area (Å²) >= 11 is -0.380. The molecule has 0 aliphatic heterocycles. The molecule has 212 valence electrons. The molecule has 0 radical (unpaired) electrons. The van der Waals surface area contributed by atoms with Gasteiger partial charge in [-0.1, -0.05) is 45.0 Å². The van der Waals surface area contributed by atoms with Crippen molar-refractivity contribution >= 4 is 23.5 Å². The fourth-order valence-corrected chi connectivity index (χ4v) is 4.23. The largest absolute Gasteiger partial charge is 0.461 e. The van der Waals surface area contributed by atoms with Crippen molar-refractivity contribution in [1.29, 1.82) is 0 Å². The van der Waals surface area contributed by atoms with Crippen molar-refractivity contribution < 1.29 is 26.7 Å². The van der Waals surface area contributed by atoms with Crippen LogP contribution in [0.4, 0.5) is 27.6 Å². The number of aryl methyl sites for hydroxylation is 1. The fourth-order valence-electron chi connectivity index (χ4n) is 3.86. The van der Waals surface area contributed by atoms with Gasteiger partial charge in [0.25, 0.3) is 5.91 Å². The van der Waals surface area contributed by atoms with E-state index in [4.69, 9.17) is 5.73 Å². The Labute approximate surface area is 230 Å². The highest BCUT2D eigenvalue weighted by Gasteiger charge is 2.29. The number of hydrogen-bond acceptors (Lipinski definition) is 4. The van der Waals surface area contributed by atoms with Gasteiger partial charge in [0.15, 0.2) is 0 Å². The van der Waals surface area contributed by atoms with Gasteiger partial charge in [-0.15, -0.1) is 0 Å². The van der Waals surface area contributed by atoms with Crippen molar-refractivity contribution in [3.63, 3.8) is 0 Å². The molecule has 0 fully saturated rings. The van der Waals surface area contributed by atoms with Gasteiger partial charge in [0, 0.05) is 36.4 Å². The molecule has 1 amide bonds. The van der Waals surface area contributed by atoms with E-state index in [1.807, 2.05) is 45.0 Å². The van der Waals surface area contributed by atoms with Crippen molar-refractivity contribution in [3.05, 3.63) is 101 Å². The van der Waals surface area contributed by atoms with Gasteiger partial charge in [0.1, 0.15) is 11.6 Å². The van der Waals surface area contributed by atoms with Crippen LogP contribution in [0.5, 0.6) is 0 Å². The zero-order valence-corrected chi connectivity index (χ0v) is 23.0. The van der Waals surface area contributed by atoms with Crippen LogP contribution in [0.3, 0.4) is 0 Å². The molecule has 0 heterocycles. The lowest BCUT2D eigenvalue weighted by atomic mass is 10.0. The predicted molar refractivity (Wildman–Crippen MR) is 148 cm³/mol. The first kappa shape index (κ1) is 32.1. The van der Waals surface area contributed by atoms with E-state index in [1.165, 1.54) is 36.4 Å². The second-order valence-corrected chi connectivity index (χ2v) is 9.53. The first-order chi connectivity index (χ1) is 18.5. The van der Waals surface area contributed by atoms with E-state index in [-0.39, 0.29) is 36.5 Å². The highest BCUT2D eigenvalue weighted by molar-refractivity contribution is 8.01. The molecule has 3 aromatic rings. The van der Waals surface area contributed by atoms with Gasteiger partial charge in [0.05, 0.1) is 11.9 Å². The first-order valence-corrected chi connectivity index (χ1v) is 13.5. The Bertz CT molecular complexity index is 1170. The molecule has 3 rings (SSSR count). The molecule has 0 unspecified atom stereocenters. The van der Waals surface area contributed by atoms with Gasteiger partial charge in [-0.25, -0.2) is 8.78 Å². The van der Waals surface area contributed by atoms with Crippen molar-refractivity contribution in [3.8, 4) is 0 Å². The maximum Gasteiger partial charge on any atom is 0.461 e. The van der Waals surface area contributed by atoms with Crippen molar-refractivity contribution in [2.45, 2.75) is 58.1 Å². The van der Waals surface area contributed by atoms with Crippen LogP contribution in [0.25, 0.3) is 0 Å². The quantitative estimate of drug-likeness (QED) is 0.184. The Morgan fingerprint density at radius 1 is 0.949 bits per heavy atom. The van der Waals surface area contributed by atoms with Gasteiger partial charge in [0.2, 0.25) is 0 Å². The molecule has 0 aromatic heterocycles. The zero-order valence-electron chi connectivity index (χ0n) is 22.2. The summed E-state index contributed by atoms with van der Waals surface area (Å²) in [6.07, 6.45) is 1.44. The molecule has 0 aliphatic rings. The van der Waals surface area contributed by atoms with Crippen LogP contribution in [0, 0.1) is 11.6 Å². The van der Waals surface area contributed by atoms with Crippen molar-refractivity contribution in [1.82, 2.24) is 4.90 Å². The van der Waals surface area contributed by atoms with Gasteiger partial charge in [-0.3, -0.25) is 4.79 Å². The van der Waals surface area contributed by atoms with Gasteiger partial charge in [-0.2, -0.15) is 13.2 Å². The van der Waals surface area contributed by atoms with E-state index in [0.717, 1.165) is 23.6 Å². The molecule has 1 atom stereocenters. The Morgan fingerprint density at radius 3 is 2.15 bits per heavy atom. The number of nitrogens with two attached hydrogens (primary N) is 1. The lowest BCUT2D eigenvalue weighted by Crippen LogP contribution is -2.35. The number of carbonyl (C=O) groups excluding carboxylic acids is 1. The summed E-state index contributed by atoms with van der Waals surface area (Å²) < 4.78 is 66.6. The molecule has 10 heteroatoms. The first-order valence-electron chi connectivity index (χ1n) is 12.7. The normalized spacial score (nSPS) is 11.8. The standard InChI is InChI=1S/C27H28F5N3OS.C2H6/c1-2-18-4-3-5-19(12-18)17-35(11-10-24(33)15-20-13-22(28)16-23(29)14-20)26(36)21-6-8-25(9-7-21)34-37-27(30,31)32;1-2/h3-9,12-14,16,24,34H,2,10-11,15,17,33H2,1H3;1-2H3/t24-;/m1./s1. The van der Waals surface area contributed by atoms with E-state index < -0.39 is 23.2 Å². The molecule has 3 N–H and O–H groups in total.